The summed E-state index contributed by atoms with van der Waals surface area (Å²) in [5.74, 6) is 1.67. The Kier molecular flexibility index (Phi) is 2.45. The first-order chi connectivity index (χ1) is 7.03. The monoisotopic (exact) mass is 205 g/mol. The molecule has 1 aromatic heterocycles. The predicted octanol–water partition coefficient (Wildman–Crippen LogP) is 2.95. The second-order valence-electron chi connectivity index (χ2n) is 5.15. The first-order valence-corrected chi connectivity index (χ1v) is 5.63. The molecule has 15 heavy (non-hydrogen) atoms. The SMILES string of the molecule is CC(C)C(C)(C)c1cncc2c1OCC2. The highest BCUT2D eigenvalue weighted by atomic mass is 16.5. The zero-order chi connectivity index (χ0) is 11.1. The van der Waals surface area contributed by atoms with E-state index in [-0.39, 0.29) is 5.41 Å². The van der Waals surface area contributed by atoms with Gasteiger partial charge in [-0.25, -0.2) is 0 Å². The first kappa shape index (κ1) is 10.5. The summed E-state index contributed by atoms with van der Waals surface area (Å²) in [5, 5.41) is 0. The standard InChI is InChI=1S/C13H19NO/c1-9(2)13(3,4)11-8-14-7-10-5-6-15-12(10)11/h7-9H,5-6H2,1-4H3. The van der Waals surface area contributed by atoms with Crippen molar-refractivity contribution in [1.82, 2.24) is 4.98 Å². The lowest BCUT2D eigenvalue weighted by atomic mass is 9.75. The molecule has 0 fully saturated rings. The van der Waals surface area contributed by atoms with Gasteiger partial charge in [-0.05, 0) is 11.3 Å². The van der Waals surface area contributed by atoms with Crippen molar-refractivity contribution >= 4 is 0 Å². The predicted molar refractivity (Wildman–Crippen MR) is 61.3 cm³/mol. The van der Waals surface area contributed by atoms with Gasteiger partial charge in [0.15, 0.2) is 0 Å². The molecular formula is C13H19NO. The van der Waals surface area contributed by atoms with Crippen LogP contribution in [0.3, 0.4) is 0 Å². The highest BCUT2D eigenvalue weighted by Crippen LogP contribution is 2.40. The third kappa shape index (κ3) is 1.62. The van der Waals surface area contributed by atoms with Gasteiger partial charge in [0.1, 0.15) is 5.75 Å². The molecule has 0 N–H and O–H groups in total. The van der Waals surface area contributed by atoms with E-state index in [9.17, 15) is 0 Å². The molecule has 0 unspecified atom stereocenters. The minimum absolute atomic E-state index is 0.128. The van der Waals surface area contributed by atoms with Gasteiger partial charge in [0, 0.05) is 29.9 Å². The highest BCUT2D eigenvalue weighted by molar-refractivity contribution is 5.45. The fraction of sp³-hybridized carbons (Fsp3) is 0.615. The van der Waals surface area contributed by atoms with E-state index in [1.807, 2.05) is 12.4 Å². The molecule has 82 valence electrons. The third-order valence-electron chi connectivity index (χ3n) is 3.73. The van der Waals surface area contributed by atoms with Crippen LogP contribution in [0.25, 0.3) is 0 Å². The summed E-state index contributed by atoms with van der Waals surface area (Å²) in [7, 11) is 0. The van der Waals surface area contributed by atoms with Crippen molar-refractivity contribution in [3.05, 3.63) is 23.5 Å². The Hall–Kier alpha value is -1.05. The van der Waals surface area contributed by atoms with Gasteiger partial charge in [0.2, 0.25) is 0 Å². The molecule has 0 spiro atoms. The number of pyridine rings is 1. The van der Waals surface area contributed by atoms with E-state index in [2.05, 4.69) is 32.7 Å². The molecule has 1 aliphatic heterocycles. The van der Waals surface area contributed by atoms with Crippen LogP contribution in [0.15, 0.2) is 12.4 Å². The van der Waals surface area contributed by atoms with Crippen molar-refractivity contribution < 1.29 is 4.74 Å². The first-order valence-electron chi connectivity index (χ1n) is 5.63. The minimum Gasteiger partial charge on any atom is -0.493 e. The Balaban J connectivity index is 2.49. The minimum atomic E-state index is 0.128. The lowest BCUT2D eigenvalue weighted by Gasteiger charge is -2.30. The van der Waals surface area contributed by atoms with Gasteiger partial charge in [-0.3, -0.25) is 4.98 Å². The van der Waals surface area contributed by atoms with Crippen molar-refractivity contribution in [2.75, 3.05) is 6.61 Å². The molecular weight excluding hydrogens is 186 g/mol. The lowest BCUT2D eigenvalue weighted by molar-refractivity contribution is 0.321. The molecule has 0 aromatic carbocycles. The van der Waals surface area contributed by atoms with Gasteiger partial charge >= 0.3 is 0 Å². The fourth-order valence-electron chi connectivity index (χ4n) is 1.87. The molecule has 0 bridgehead atoms. The Morgan fingerprint density at radius 1 is 1.33 bits per heavy atom. The number of rotatable bonds is 2. The van der Waals surface area contributed by atoms with E-state index in [4.69, 9.17) is 4.74 Å². The number of ether oxygens (including phenoxy) is 1. The van der Waals surface area contributed by atoms with E-state index in [0.29, 0.717) is 5.92 Å². The maximum absolute atomic E-state index is 5.73. The number of hydrogen-bond acceptors (Lipinski definition) is 2. The number of hydrogen-bond donors (Lipinski definition) is 0. The number of fused-ring (bicyclic) bond motifs is 1. The zero-order valence-electron chi connectivity index (χ0n) is 10.0. The van der Waals surface area contributed by atoms with Crippen molar-refractivity contribution in [2.45, 2.75) is 39.5 Å². The summed E-state index contributed by atoms with van der Waals surface area (Å²) in [6.07, 6.45) is 4.90. The van der Waals surface area contributed by atoms with Gasteiger partial charge in [-0.1, -0.05) is 27.7 Å². The van der Waals surface area contributed by atoms with Crippen LogP contribution in [0.5, 0.6) is 5.75 Å². The molecule has 1 aromatic rings. The van der Waals surface area contributed by atoms with Crippen LogP contribution in [0.4, 0.5) is 0 Å². The van der Waals surface area contributed by atoms with Crippen LogP contribution >= 0.6 is 0 Å². The summed E-state index contributed by atoms with van der Waals surface area (Å²) in [4.78, 5) is 4.32. The molecule has 0 radical (unpaired) electrons. The second-order valence-corrected chi connectivity index (χ2v) is 5.15. The van der Waals surface area contributed by atoms with Gasteiger partial charge in [-0.15, -0.1) is 0 Å². The average molecular weight is 205 g/mol. The maximum atomic E-state index is 5.73. The van der Waals surface area contributed by atoms with E-state index in [1.165, 1.54) is 11.1 Å². The third-order valence-corrected chi connectivity index (χ3v) is 3.73. The van der Waals surface area contributed by atoms with Gasteiger partial charge in [0.25, 0.3) is 0 Å². The largest absolute Gasteiger partial charge is 0.493 e. The van der Waals surface area contributed by atoms with Crippen LogP contribution in [0.1, 0.15) is 38.8 Å². The molecule has 2 rings (SSSR count). The molecule has 0 amide bonds. The molecule has 0 atom stereocenters. The summed E-state index contributed by atoms with van der Waals surface area (Å²) in [6.45, 7) is 9.82. The second kappa shape index (κ2) is 3.51. The number of nitrogens with zero attached hydrogens (tertiary/aromatic N) is 1. The van der Waals surface area contributed by atoms with Crippen molar-refractivity contribution in [3.8, 4) is 5.75 Å². The molecule has 1 aliphatic rings. The Morgan fingerprint density at radius 3 is 2.73 bits per heavy atom. The summed E-state index contributed by atoms with van der Waals surface area (Å²) < 4.78 is 5.73. The van der Waals surface area contributed by atoms with Crippen LogP contribution < -0.4 is 4.74 Å². The van der Waals surface area contributed by atoms with Crippen molar-refractivity contribution in [2.24, 2.45) is 5.92 Å². The van der Waals surface area contributed by atoms with Crippen LogP contribution in [-0.2, 0) is 11.8 Å². The molecule has 0 saturated carbocycles. The Bertz CT molecular complexity index is 369. The summed E-state index contributed by atoms with van der Waals surface area (Å²) in [6, 6.07) is 0. The van der Waals surface area contributed by atoms with E-state index in [0.717, 1.165) is 18.8 Å². The number of aromatic nitrogens is 1. The Morgan fingerprint density at radius 2 is 2.07 bits per heavy atom. The van der Waals surface area contributed by atoms with Crippen LogP contribution in [-0.4, -0.2) is 11.6 Å². The zero-order valence-corrected chi connectivity index (χ0v) is 10.0. The molecule has 0 aliphatic carbocycles. The molecule has 0 saturated heterocycles. The Labute approximate surface area is 91.7 Å². The topological polar surface area (TPSA) is 22.1 Å². The smallest absolute Gasteiger partial charge is 0.129 e. The van der Waals surface area contributed by atoms with E-state index < -0.39 is 0 Å². The van der Waals surface area contributed by atoms with Gasteiger partial charge in [-0.2, -0.15) is 0 Å². The summed E-state index contributed by atoms with van der Waals surface area (Å²) in [5.41, 5.74) is 2.65. The van der Waals surface area contributed by atoms with E-state index >= 15 is 0 Å². The summed E-state index contributed by atoms with van der Waals surface area (Å²) >= 11 is 0. The van der Waals surface area contributed by atoms with Gasteiger partial charge in [0.05, 0.1) is 6.61 Å². The van der Waals surface area contributed by atoms with Crippen molar-refractivity contribution in [3.63, 3.8) is 0 Å². The quantitative estimate of drug-likeness (QED) is 0.740. The molecule has 2 heterocycles. The van der Waals surface area contributed by atoms with Crippen LogP contribution in [0, 0.1) is 5.92 Å². The molecule has 2 nitrogen and oxygen atoms in total. The van der Waals surface area contributed by atoms with Gasteiger partial charge < -0.3 is 4.74 Å². The lowest BCUT2D eigenvalue weighted by Crippen LogP contribution is -2.25. The molecule has 2 heteroatoms. The maximum Gasteiger partial charge on any atom is 0.129 e. The van der Waals surface area contributed by atoms with Crippen LogP contribution in [0.2, 0.25) is 0 Å². The highest BCUT2D eigenvalue weighted by Gasteiger charge is 2.31. The fourth-order valence-corrected chi connectivity index (χ4v) is 1.87. The normalized spacial score (nSPS) is 15.3. The van der Waals surface area contributed by atoms with Crippen molar-refractivity contribution in [1.29, 1.82) is 0 Å². The average Bonchev–Trinajstić information content (AvgIpc) is 2.64. The van der Waals surface area contributed by atoms with E-state index in [1.54, 1.807) is 0 Å².